The van der Waals surface area contributed by atoms with Gasteiger partial charge in [0.1, 0.15) is 0 Å². The third kappa shape index (κ3) is 4.48. The van der Waals surface area contributed by atoms with Crippen LogP contribution in [0.25, 0.3) is 0 Å². The zero-order chi connectivity index (χ0) is 12.8. The van der Waals surface area contributed by atoms with E-state index < -0.39 is 5.97 Å². The van der Waals surface area contributed by atoms with Gasteiger partial charge in [0.2, 0.25) is 0 Å². The van der Waals surface area contributed by atoms with Crippen molar-refractivity contribution < 1.29 is 9.90 Å². The van der Waals surface area contributed by atoms with Crippen molar-refractivity contribution in [1.82, 2.24) is 0 Å². The highest BCUT2D eigenvalue weighted by molar-refractivity contribution is 7.99. The first-order valence-electron chi connectivity index (χ1n) is 5.34. The topological polar surface area (TPSA) is 49.3 Å². The van der Waals surface area contributed by atoms with Gasteiger partial charge in [0.25, 0.3) is 0 Å². The molecule has 1 aromatic rings. The number of halogens is 1. The van der Waals surface area contributed by atoms with Gasteiger partial charge in [-0.3, -0.25) is 0 Å². The van der Waals surface area contributed by atoms with Gasteiger partial charge < -0.3 is 10.4 Å². The van der Waals surface area contributed by atoms with Crippen molar-refractivity contribution in [1.29, 1.82) is 0 Å². The standard InChI is InChI=1S/C12H16ClNO2S/c1-8(17-2)5-6-14-11-7-9(13)3-4-10(11)12(15)16/h3-4,7-8,14H,5-6H2,1-2H3,(H,15,16). The van der Waals surface area contributed by atoms with Gasteiger partial charge in [-0.15, -0.1) is 0 Å². The minimum Gasteiger partial charge on any atom is -0.478 e. The average Bonchev–Trinajstić information content (AvgIpc) is 2.28. The zero-order valence-electron chi connectivity index (χ0n) is 9.87. The lowest BCUT2D eigenvalue weighted by Crippen LogP contribution is -2.11. The smallest absolute Gasteiger partial charge is 0.337 e. The summed E-state index contributed by atoms with van der Waals surface area (Å²) in [5, 5.41) is 13.2. The molecular formula is C12H16ClNO2S. The molecule has 1 unspecified atom stereocenters. The van der Waals surface area contributed by atoms with Gasteiger partial charge in [0, 0.05) is 16.8 Å². The summed E-state index contributed by atoms with van der Waals surface area (Å²) in [6.07, 6.45) is 3.04. The molecule has 17 heavy (non-hydrogen) atoms. The zero-order valence-corrected chi connectivity index (χ0v) is 11.4. The van der Waals surface area contributed by atoms with Gasteiger partial charge in [0.15, 0.2) is 0 Å². The largest absolute Gasteiger partial charge is 0.478 e. The Labute approximate surface area is 111 Å². The van der Waals surface area contributed by atoms with Crippen LogP contribution in [-0.4, -0.2) is 29.1 Å². The van der Waals surface area contributed by atoms with E-state index in [1.165, 1.54) is 6.07 Å². The molecule has 0 radical (unpaired) electrons. The predicted octanol–water partition coefficient (Wildman–Crippen LogP) is 3.59. The molecule has 1 atom stereocenters. The molecule has 0 fully saturated rings. The Morgan fingerprint density at radius 2 is 2.29 bits per heavy atom. The van der Waals surface area contributed by atoms with Crippen LogP contribution >= 0.6 is 23.4 Å². The Morgan fingerprint density at radius 3 is 2.88 bits per heavy atom. The molecule has 0 saturated heterocycles. The summed E-state index contributed by atoms with van der Waals surface area (Å²) >= 11 is 7.64. The fourth-order valence-electron chi connectivity index (χ4n) is 1.38. The van der Waals surface area contributed by atoms with Crippen molar-refractivity contribution >= 4 is 35.0 Å². The molecule has 0 spiro atoms. The third-order valence-electron chi connectivity index (χ3n) is 2.48. The third-order valence-corrected chi connectivity index (χ3v) is 3.76. The molecule has 0 bridgehead atoms. The molecular weight excluding hydrogens is 258 g/mol. The number of aromatic carboxylic acids is 1. The van der Waals surface area contributed by atoms with Crippen LogP contribution in [0.4, 0.5) is 5.69 Å². The van der Waals surface area contributed by atoms with E-state index in [2.05, 4.69) is 18.5 Å². The highest BCUT2D eigenvalue weighted by Gasteiger charge is 2.10. The van der Waals surface area contributed by atoms with Crippen molar-refractivity contribution in [2.45, 2.75) is 18.6 Å². The minimum atomic E-state index is -0.943. The number of nitrogens with one attached hydrogen (secondary N) is 1. The van der Waals surface area contributed by atoms with E-state index in [1.54, 1.807) is 23.9 Å². The number of carbonyl (C=O) groups is 1. The lowest BCUT2D eigenvalue weighted by atomic mass is 10.1. The van der Waals surface area contributed by atoms with Crippen LogP contribution < -0.4 is 5.32 Å². The second-order valence-corrected chi connectivity index (χ2v) is 5.47. The van der Waals surface area contributed by atoms with Gasteiger partial charge >= 0.3 is 5.97 Å². The normalized spacial score (nSPS) is 12.2. The molecule has 0 aliphatic carbocycles. The molecule has 3 nitrogen and oxygen atoms in total. The Bertz CT molecular complexity index is 398. The van der Waals surface area contributed by atoms with Gasteiger partial charge in [-0.05, 0) is 30.9 Å². The Kier molecular flexibility index (Phi) is 5.65. The van der Waals surface area contributed by atoms with Gasteiger partial charge in [-0.25, -0.2) is 4.79 Å². The van der Waals surface area contributed by atoms with Crippen molar-refractivity contribution in [3.05, 3.63) is 28.8 Å². The van der Waals surface area contributed by atoms with Gasteiger partial charge in [-0.2, -0.15) is 11.8 Å². The number of rotatable bonds is 6. The quantitative estimate of drug-likeness (QED) is 0.832. The molecule has 1 aromatic carbocycles. The number of hydrogen-bond donors (Lipinski definition) is 2. The number of carboxylic acids is 1. The summed E-state index contributed by atoms with van der Waals surface area (Å²) in [5.74, 6) is -0.943. The Hall–Kier alpha value is -0.870. The molecule has 0 saturated carbocycles. The van der Waals surface area contributed by atoms with Gasteiger partial charge in [0.05, 0.1) is 11.3 Å². The molecule has 0 aliphatic heterocycles. The van der Waals surface area contributed by atoms with E-state index in [-0.39, 0.29) is 5.56 Å². The van der Waals surface area contributed by atoms with Crippen LogP contribution in [0.3, 0.4) is 0 Å². The maximum Gasteiger partial charge on any atom is 0.337 e. The summed E-state index contributed by atoms with van der Waals surface area (Å²) in [6.45, 7) is 2.88. The molecule has 1 rings (SSSR count). The first kappa shape index (κ1) is 14.2. The molecule has 0 aromatic heterocycles. The van der Waals surface area contributed by atoms with Crippen LogP contribution in [-0.2, 0) is 0 Å². The Balaban J connectivity index is 2.68. The number of anilines is 1. The molecule has 0 amide bonds. The van der Waals surface area contributed by atoms with Crippen molar-refractivity contribution in [3.8, 4) is 0 Å². The van der Waals surface area contributed by atoms with E-state index in [4.69, 9.17) is 16.7 Å². The SMILES string of the molecule is CSC(C)CCNc1cc(Cl)ccc1C(=O)O. The fourth-order valence-corrected chi connectivity index (χ4v) is 1.90. The van der Waals surface area contributed by atoms with Crippen molar-refractivity contribution in [3.63, 3.8) is 0 Å². The fraction of sp³-hybridized carbons (Fsp3) is 0.417. The van der Waals surface area contributed by atoms with Crippen molar-refractivity contribution in [2.24, 2.45) is 0 Å². The summed E-state index contributed by atoms with van der Waals surface area (Å²) in [6, 6.07) is 4.75. The molecule has 0 heterocycles. The highest BCUT2D eigenvalue weighted by Crippen LogP contribution is 2.21. The van der Waals surface area contributed by atoms with E-state index in [0.717, 1.165) is 13.0 Å². The number of thioether (sulfide) groups is 1. The lowest BCUT2D eigenvalue weighted by molar-refractivity contribution is 0.0698. The van der Waals surface area contributed by atoms with E-state index in [0.29, 0.717) is 16.0 Å². The molecule has 0 aliphatic rings. The molecule has 2 N–H and O–H groups in total. The summed E-state index contributed by atoms with van der Waals surface area (Å²) in [7, 11) is 0. The maximum atomic E-state index is 11.0. The highest BCUT2D eigenvalue weighted by atomic mass is 35.5. The van der Waals surface area contributed by atoms with E-state index >= 15 is 0 Å². The summed E-state index contributed by atoms with van der Waals surface area (Å²) < 4.78 is 0. The Morgan fingerprint density at radius 1 is 1.59 bits per heavy atom. The number of benzene rings is 1. The van der Waals surface area contributed by atoms with Crippen LogP contribution in [0.2, 0.25) is 5.02 Å². The van der Waals surface area contributed by atoms with Gasteiger partial charge in [-0.1, -0.05) is 18.5 Å². The first-order chi connectivity index (χ1) is 8.04. The monoisotopic (exact) mass is 273 g/mol. The number of carboxylic acid groups (broad SMARTS) is 1. The van der Waals surface area contributed by atoms with Crippen LogP contribution in [0.15, 0.2) is 18.2 Å². The lowest BCUT2D eigenvalue weighted by Gasteiger charge is -2.12. The van der Waals surface area contributed by atoms with Crippen LogP contribution in [0, 0.1) is 0 Å². The summed E-state index contributed by atoms with van der Waals surface area (Å²) in [5.41, 5.74) is 0.838. The minimum absolute atomic E-state index is 0.256. The molecule has 94 valence electrons. The van der Waals surface area contributed by atoms with E-state index in [1.807, 2.05) is 0 Å². The van der Waals surface area contributed by atoms with Crippen molar-refractivity contribution in [2.75, 3.05) is 18.1 Å². The summed E-state index contributed by atoms with van der Waals surface area (Å²) in [4.78, 5) is 11.0. The molecule has 5 heteroatoms. The first-order valence-corrected chi connectivity index (χ1v) is 7.00. The second kappa shape index (κ2) is 6.77. The maximum absolute atomic E-state index is 11.0. The average molecular weight is 274 g/mol. The van der Waals surface area contributed by atoms with Crippen LogP contribution in [0.5, 0.6) is 0 Å². The predicted molar refractivity (Wildman–Crippen MR) is 74.5 cm³/mol. The van der Waals surface area contributed by atoms with E-state index in [9.17, 15) is 4.79 Å². The second-order valence-electron chi connectivity index (χ2n) is 3.76. The van der Waals surface area contributed by atoms with Crippen LogP contribution in [0.1, 0.15) is 23.7 Å². The number of hydrogen-bond acceptors (Lipinski definition) is 3.